The third-order valence-electron chi connectivity index (χ3n) is 4.17. The first kappa shape index (κ1) is 13.9. The van der Waals surface area contributed by atoms with Crippen molar-refractivity contribution < 1.29 is 0 Å². The van der Waals surface area contributed by atoms with Crippen LogP contribution in [0.25, 0.3) is 0 Å². The van der Waals surface area contributed by atoms with Crippen molar-refractivity contribution in [3.63, 3.8) is 0 Å². The van der Waals surface area contributed by atoms with Crippen LogP contribution in [0, 0.1) is 5.92 Å². The van der Waals surface area contributed by atoms with E-state index in [4.69, 9.17) is 5.73 Å². The number of hydrogen-bond acceptors (Lipinski definition) is 3. The molecule has 0 aromatic carbocycles. The molecule has 16 heavy (non-hydrogen) atoms. The Labute approximate surface area is 101 Å². The second-order valence-corrected chi connectivity index (χ2v) is 5.75. The highest BCUT2D eigenvalue weighted by Gasteiger charge is 2.30. The number of likely N-dealkylation sites (N-methyl/N-ethyl adjacent to an activating group) is 1. The Kier molecular flexibility index (Phi) is 5.22. The average Bonchev–Trinajstić information content (AvgIpc) is 2.64. The Morgan fingerprint density at radius 3 is 2.62 bits per heavy atom. The summed E-state index contributed by atoms with van der Waals surface area (Å²) in [5, 5.41) is 0. The van der Waals surface area contributed by atoms with E-state index in [1.165, 1.54) is 38.9 Å². The Balaban J connectivity index is 2.45. The molecule has 0 radical (unpaired) electrons. The Hall–Kier alpha value is -0.120. The van der Waals surface area contributed by atoms with Gasteiger partial charge in [0.2, 0.25) is 0 Å². The molecular weight excluding hydrogens is 198 g/mol. The van der Waals surface area contributed by atoms with Gasteiger partial charge in [-0.05, 0) is 46.3 Å². The number of likely N-dealkylation sites (tertiary alicyclic amines) is 1. The number of rotatable bonds is 6. The van der Waals surface area contributed by atoms with Crippen LogP contribution in [-0.4, -0.2) is 55.6 Å². The van der Waals surface area contributed by atoms with E-state index in [0.717, 1.165) is 12.5 Å². The molecule has 0 aromatic rings. The van der Waals surface area contributed by atoms with Crippen LogP contribution in [0.5, 0.6) is 0 Å². The fourth-order valence-electron chi connectivity index (χ4n) is 2.77. The highest BCUT2D eigenvalue weighted by molar-refractivity contribution is 4.87. The molecule has 2 N–H and O–H groups in total. The maximum Gasteiger partial charge on any atom is 0.0300 e. The summed E-state index contributed by atoms with van der Waals surface area (Å²) >= 11 is 0. The molecule has 1 aliphatic heterocycles. The Morgan fingerprint density at radius 2 is 2.19 bits per heavy atom. The lowest BCUT2D eigenvalue weighted by Crippen LogP contribution is -2.51. The summed E-state index contributed by atoms with van der Waals surface area (Å²) in [5.41, 5.74) is 6.13. The molecule has 0 bridgehead atoms. The predicted octanol–water partition coefficient (Wildman–Crippen LogP) is 1.39. The van der Waals surface area contributed by atoms with Crippen LogP contribution >= 0.6 is 0 Å². The van der Waals surface area contributed by atoms with E-state index in [2.05, 4.69) is 37.7 Å². The zero-order valence-corrected chi connectivity index (χ0v) is 11.5. The summed E-state index contributed by atoms with van der Waals surface area (Å²) < 4.78 is 0. The van der Waals surface area contributed by atoms with Gasteiger partial charge >= 0.3 is 0 Å². The molecule has 1 heterocycles. The lowest BCUT2D eigenvalue weighted by atomic mass is 9.93. The largest absolute Gasteiger partial charge is 0.329 e. The summed E-state index contributed by atoms with van der Waals surface area (Å²) in [6, 6.07) is 0. The molecule has 3 heteroatoms. The van der Waals surface area contributed by atoms with Gasteiger partial charge in [-0.1, -0.05) is 13.3 Å². The normalized spacial score (nSPS) is 26.2. The second kappa shape index (κ2) is 5.99. The molecule has 96 valence electrons. The average molecular weight is 227 g/mol. The molecule has 0 aromatic heterocycles. The van der Waals surface area contributed by atoms with Crippen molar-refractivity contribution >= 4 is 0 Å². The van der Waals surface area contributed by atoms with Gasteiger partial charge in [0.1, 0.15) is 0 Å². The zero-order chi connectivity index (χ0) is 12.2. The first-order valence-electron chi connectivity index (χ1n) is 6.61. The zero-order valence-electron chi connectivity index (χ0n) is 11.5. The van der Waals surface area contributed by atoms with Gasteiger partial charge in [0, 0.05) is 25.2 Å². The van der Waals surface area contributed by atoms with Gasteiger partial charge in [-0.15, -0.1) is 0 Å². The number of hydrogen-bond donors (Lipinski definition) is 1. The van der Waals surface area contributed by atoms with E-state index in [9.17, 15) is 0 Å². The van der Waals surface area contributed by atoms with Crippen molar-refractivity contribution in [1.29, 1.82) is 0 Å². The van der Waals surface area contributed by atoms with Gasteiger partial charge in [-0.25, -0.2) is 0 Å². The minimum Gasteiger partial charge on any atom is -0.329 e. The lowest BCUT2D eigenvalue weighted by Gasteiger charge is -2.39. The predicted molar refractivity (Wildman–Crippen MR) is 70.6 cm³/mol. The standard InChI is InChI=1S/C13H29N3/c1-5-7-13(2,11-14)16(4)10-12-6-8-15(3)9-12/h12H,5-11,14H2,1-4H3. The summed E-state index contributed by atoms with van der Waals surface area (Å²) in [6.45, 7) is 9.00. The summed E-state index contributed by atoms with van der Waals surface area (Å²) in [4.78, 5) is 4.92. The molecular formula is C13H29N3. The van der Waals surface area contributed by atoms with Gasteiger partial charge in [0.05, 0.1) is 0 Å². The van der Waals surface area contributed by atoms with Crippen molar-refractivity contribution in [2.24, 2.45) is 11.7 Å². The quantitative estimate of drug-likeness (QED) is 0.744. The first-order valence-corrected chi connectivity index (χ1v) is 6.61. The van der Waals surface area contributed by atoms with Crippen LogP contribution in [0.4, 0.5) is 0 Å². The van der Waals surface area contributed by atoms with Crippen molar-refractivity contribution in [2.45, 2.75) is 38.6 Å². The van der Waals surface area contributed by atoms with Gasteiger partial charge < -0.3 is 10.6 Å². The van der Waals surface area contributed by atoms with Gasteiger partial charge in [0.15, 0.2) is 0 Å². The fourth-order valence-corrected chi connectivity index (χ4v) is 2.77. The summed E-state index contributed by atoms with van der Waals surface area (Å²) in [7, 11) is 4.45. The number of nitrogens with two attached hydrogens (primary N) is 1. The minimum absolute atomic E-state index is 0.190. The van der Waals surface area contributed by atoms with Crippen molar-refractivity contribution in [1.82, 2.24) is 9.80 Å². The van der Waals surface area contributed by atoms with Crippen LogP contribution < -0.4 is 5.73 Å². The second-order valence-electron chi connectivity index (χ2n) is 5.75. The van der Waals surface area contributed by atoms with Crippen LogP contribution in [-0.2, 0) is 0 Å². The molecule has 1 aliphatic rings. The van der Waals surface area contributed by atoms with Crippen LogP contribution in [0.1, 0.15) is 33.1 Å². The molecule has 2 unspecified atom stereocenters. The molecule has 2 atom stereocenters. The van der Waals surface area contributed by atoms with Crippen molar-refractivity contribution in [3.05, 3.63) is 0 Å². The summed E-state index contributed by atoms with van der Waals surface area (Å²) in [6.07, 6.45) is 3.75. The van der Waals surface area contributed by atoms with Crippen molar-refractivity contribution in [3.8, 4) is 0 Å². The highest BCUT2D eigenvalue weighted by atomic mass is 15.2. The highest BCUT2D eigenvalue weighted by Crippen LogP contribution is 2.23. The third-order valence-corrected chi connectivity index (χ3v) is 4.17. The first-order chi connectivity index (χ1) is 7.51. The van der Waals surface area contributed by atoms with Crippen molar-refractivity contribution in [2.75, 3.05) is 40.3 Å². The molecule has 1 fully saturated rings. The van der Waals surface area contributed by atoms with E-state index in [1.807, 2.05) is 0 Å². The monoisotopic (exact) mass is 227 g/mol. The molecule has 1 saturated heterocycles. The molecule has 0 aliphatic carbocycles. The van der Waals surface area contributed by atoms with E-state index in [0.29, 0.717) is 0 Å². The van der Waals surface area contributed by atoms with E-state index in [-0.39, 0.29) is 5.54 Å². The fraction of sp³-hybridized carbons (Fsp3) is 1.00. The maximum atomic E-state index is 5.94. The SMILES string of the molecule is CCCC(C)(CN)N(C)CC1CCN(C)C1. The van der Waals surface area contributed by atoms with Crippen LogP contribution in [0.15, 0.2) is 0 Å². The molecule has 0 amide bonds. The minimum atomic E-state index is 0.190. The van der Waals surface area contributed by atoms with Crippen LogP contribution in [0.3, 0.4) is 0 Å². The van der Waals surface area contributed by atoms with Gasteiger partial charge in [-0.3, -0.25) is 4.90 Å². The van der Waals surface area contributed by atoms with E-state index in [1.54, 1.807) is 0 Å². The van der Waals surface area contributed by atoms with Gasteiger partial charge in [0.25, 0.3) is 0 Å². The lowest BCUT2D eigenvalue weighted by molar-refractivity contribution is 0.113. The molecule has 3 nitrogen and oxygen atoms in total. The third kappa shape index (κ3) is 3.44. The molecule has 0 spiro atoms. The summed E-state index contributed by atoms with van der Waals surface area (Å²) in [5.74, 6) is 0.831. The van der Waals surface area contributed by atoms with Gasteiger partial charge in [-0.2, -0.15) is 0 Å². The van der Waals surface area contributed by atoms with E-state index < -0.39 is 0 Å². The topological polar surface area (TPSA) is 32.5 Å². The molecule has 1 rings (SSSR count). The van der Waals surface area contributed by atoms with E-state index >= 15 is 0 Å². The smallest absolute Gasteiger partial charge is 0.0300 e. The van der Waals surface area contributed by atoms with Crippen LogP contribution in [0.2, 0.25) is 0 Å². The maximum absolute atomic E-state index is 5.94. The number of nitrogens with zero attached hydrogens (tertiary/aromatic N) is 2. The Bertz CT molecular complexity index is 207. The Morgan fingerprint density at radius 1 is 1.50 bits per heavy atom. The molecule has 0 saturated carbocycles.